The lowest BCUT2D eigenvalue weighted by Gasteiger charge is -2.02. The van der Waals surface area contributed by atoms with Gasteiger partial charge in [0.15, 0.2) is 7.11 Å². The molecule has 2 aromatic heterocycles. The first-order chi connectivity index (χ1) is 9.11. The third-order valence-electron chi connectivity index (χ3n) is 3.06. The van der Waals surface area contributed by atoms with Crippen LogP contribution in [0.3, 0.4) is 0 Å². The van der Waals surface area contributed by atoms with E-state index in [1.54, 1.807) is 22.6 Å². The fraction of sp³-hybridized carbons (Fsp3) is 0.154. The highest BCUT2D eigenvalue weighted by atomic mass is 16.8. The number of nitrogens with zero attached hydrogens (tertiary/aromatic N) is 2. The van der Waals surface area contributed by atoms with Crippen LogP contribution >= 0.6 is 0 Å². The second-order valence-electron chi connectivity index (χ2n) is 4.18. The molecule has 3 aromatic rings. The molecule has 2 heterocycles. The van der Waals surface area contributed by atoms with Gasteiger partial charge in [0, 0.05) is 23.9 Å². The van der Waals surface area contributed by atoms with Crippen molar-refractivity contribution < 1.29 is 14.2 Å². The van der Waals surface area contributed by atoms with Gasteiger partial charge in [0.2, 0.25) is 5.71 Å². The maximum absolute atomic E-state index is 11.8. The fourth-order valence-electron chi connectivity index (χ4n) is 2.15. The summed E-state index contributed by atoms with van der Waals surface area (Å²) in [7, 11) is 1.28. The van der Waals surface area contributed by atoms with Gasteiger partial charge in [-0.3, -0.25) is 4.40 Å². The van der Waals surface area contributed by atoms with Gasteiger partial charge in [0.1, 0.15) is 0 Å². The van der Waals surface area contributed by atoms with Crippen LogP contribution in [0.25, 0.3) is 16.6 Å². The van der Waals surface area contributed by atoms with Gasteiger partial charge in [-0.2, -0.15) is 0 Å². The molecule has 0 saturated heterocycles. The molecule has 0 bridgehead atoms. The summed E-state index contributed by atoms with van der Waals surface area (Å²) in [6, 6.07) is 8.23. The molecule has 0 radical (unpaired) electrons. The van der Waals surface area contributed by atoms with Gasteiger partial charge in [-0.1, -0.05) is 0 Å². The summed E-state index contributed by atoms with van der Waals surface area (Å²) in [5.74, 6) is 0. The lowest BCUT2D eigenvalue weighted by atomic mass is 10.2. The van der Waals surface area contributed by atoms with Crippen molar-refractivity contribution in [2.45, 2.75) is 6.92 Å². The molecule has 0 atom stereocenters. The maximum atomic E-state index is 11.8. The molecule has 0 spiro atoms. The van der Waals surface area contributed by atoms with Crippen molar-refractivity contribution in [3.8, 4) is 0 Å². The second kappa shape index (κ2) is 3.94. The van der Waals surface area contributed by atoms with Crippen molar-refractivity contribution in [2.24, 2.45) is 0 Å². The van der Waals surface area contributed by atoms with Gasteiger partial charge in [0.25, 0.3) is 4.92 Å². The molecule has 3 rings (SSSR count). The Morgan fingerprint density at radius 2 is 2.05 bits per heavy atom. The van der Waals surface area contributed by atoms with E-state index in [9.17, 15) is 9.70 Å². The molecule has 0 unspecified atom stereocenters. The first kappa shape index (κ1) is 11.5. The number of hydrogen-bond acceptors (Lipinski definition) is 4. The van der Waals surface area contributed by atoms with Crippen molar-refractivity contribution in [3.63, 3.8) is 0 Å². The minimum absolute atomic E-state index is 0.315. The molecular formula is C13H11N2O4+. The van der Waals surface area contributed by atoms with Crippen molar-refractivity contribution in [3.05, 3.63) is 51.4 Å². The monoisotopic (exact) mass is 259 g/mol. The zero-order chi connectivity index (χ0) is 13.6. The quantitative estimate of drug-likeness (QED) is 0.662. The number of fused-ring (bicyclic) bond motifs is 3. The number of aryl methyl sites for hydroxylation is 1. The fourth-order valence-corrected chi connectivity index (χ4v) is 2.15. The average molecular weight is 259 g/mol. The Bertz CT molecular complexity index is 860. The molecule has 6 heteroatoms. The molecule has 96 valence electrons. The van der Waals surface area contributed by atoms with Gasteiger partial charge >= 0.3 is 11.3 Å². The Balaban J connectivity index is 2.48. The van der Waals surface area contributed by atoms with E-state index in [-0.39, 0.29) is 0 Å². The third-order valence-corrected chi connectivity index (χ3v) is 3.06. The summed E-state index contributed by atoms with van der Waals surface area (Å²) in [6.07, 6.45) is 0. The first-order valence-electron chi connectivity index (χ1n) is 5.68. The lowest BCUT2D eigenvalue weighted by Crippen LogP contribution is -2.05. The van der Waals surface area contributed by atoms with Crippen molar-refractivity contribution in [1.82, 2.24) is 4.40 Å². The summed E-state index contributed by atoms with van der Waals surface area (Å²) in [6.45, 7) is 1.89. The highest BCUT2D eigenvalue weighted by Crippen LogP contribution is 2.22. The maximum Gasteiger partial charge on any atom is 0.346 e. The Morgan fingerprint density at radius 3 is 2.79 bits per heavy atom. The zero-order valence-corrected chi connectivity index (χ0v) is 10.4. The zero-order valence-electron chi connectivity index (χ0n) is 10.4. The van der Waals surface area contributed by atoms with Gasteiger partial charge in [-0.05, 0) is 19.1 Å². The molecule has 19 heavy (non-hydrogen) atoms. The first-order valence-corrected chi connectivity index (χ1v) is 5.68. The van der Waals surface area contributed by atoms with Crippen LogP contribution < -0.4 is 5.63 Å². The average Bonchev–Trinajstić information content (AvgIpc) is 2.79. The number of rotatable bonds is 2. The van der Waals surface area contributed by atoms with E-state index in [0.29, 0.717) is 27.2 Å². The largest absolute Gasteiger partial charge is 0.405 e. The topological polar surface area (TPSA) is 63.9 Å². The molecule has 0 aliphatic heterocycles. The van der Waals surface area contributed by atoms with E-state index in [1.807, 2.05) is 13.0 Å². The minimum atomic E-state index is -0.429. The molecule has 0 aliphatic rings. The molecule has 0 aliphatic carbocycles. The van der Waals surface area contributed by atoms with E-state index >= 15 is 0 Å². The van der Waals surface area contributed by atoms with Gasteiger partial charge < -0.3 is 4.42 Å². The van der Waals surface area contributed by atoms with Crippen molar-refractivity contribution in [1.29, 1.82) is 0 Å². The van der Waals surface area contributed by atoms with Crippen LogP contribution in [0, 0.1) is 11.8 Å². The van der Waals surface area contributed by atoms with Gasteiger partial charge in [-0.15, -0.1) is 0 Å². The molecule has 0 amide bonds. The Hall–Kier alpha value is -2.63. The minimum Gasteiger partial charge on any atom is -0.405 e. The predicted octanol–water partition coefficient (Wildman–Crippen LogP) is 2.33. The van der Waals surface area contributed by atoms with Crippen LogP contribution in [-0.2, 0) is 4.84 Å². The van der Waals surface area contributed by atoms with Crippen LogP contribution in [0.2, 0.25) is 0 Å². The number of hydrogen-bond donors (Lipinski definition) is 0. The Morgan fingerprint density at radius 1 is 1.26 bits per heavy atom. The van der Waals surface area contributed by atoms with Crippen LogP contribution in [0.4, 0.5) is 5.69 Å². The van der Waals surface area contributed by atoms with Crippen LogP contribution in [-0.4, -0.2) is 16.4 Å². The lowest BCUT2D eigenvalue weighted by molar-refractivity contribution is -0.736. The van der Waals surface area contributed by atoms with Crippen LogP contribution in [0.1, 0.15) is 5.69 Å². The van der Waals surface area contributed by atoms with E-state index in [0.717, 1.165) is 5.69 Å². The summed E-state index contributed by atoms with van der Waals surface area (Å²) < 4.78 is 6.99. The highest BCUT2D eigenvalue weighted by molar-refractivity contribution is 5.82. The molecule has 1 aromatic carbocycles. The summed E-state index contributed by atoms with van der Waals surface area (Å²) in [5, 5.41) is 0.417. The summed E-state index contributed by atoms with van der Waals surface area (Å²) in [4.78, 5) is 28.3. The molecule has 0 fully saturated rings. The normalized spacial score (nSPS) is 11.1. The SMILES string of the molecule is CO[N+](=O)c1ccc2c(=O)oc3ccc(C)n3c2c1. The predicted molar refractivity (Wildman–Crippen MR) is 68.5 cm³/mol. The van der Waals surface area contributed by atoms with Gasteiger partial charge in [-0.25, -0.2) is 9.63 Å². The van der Waals surface area contributed by atoms with Crippen LogP contribution in [0.15, 0.2) is 39.5 Å². The smallest absolute Gasteiger partial charge is 0.346 e. The summed E-state index contributed by atoms with van der Waals surface area (Å²) >= 11 is 0. The van der Waals surface area contributed by atoms with E-state index in [1.165, 1.54) is 13.2 Å². The highest BCUT2D eigenvalue weighted by Gasteiger charge is 2.18. The Kier molecular flexibility index (Phi) is 2.38. The van der Waals surface area contributed by atoms with E-state index in [2.05, 4.69) is 4.84 Å². The van der Waals surface area contributed by atoms with E-state index in [4.69, 9.17) is 4.42 Å². The second-order valence-corrected chi connectivity index (χ2v) is 4.18. The van der Waals surface area contributed by atoms with Crippen molar-refractivity contribution in [2.75, 3.05) is 7.11 Å². The summed E-state index contributed by atoms with van der Waals surface area (Å²) in [5.41, 5.74) is 1.86. The molecule has 0 N–H and O–H groups in total. The van der Waals surface area contributed by atoms with Crippen molar-refractivity contribution >= 4 is 22.3 Å². The molecule has 6 nitrogen and oxygen atoms in total. The third kappa shape index (κ3) is 1.61. The van der Waals surface area contributed by atoms with Gasteiger partial charge in [0.05, 0.1) is 15.8 Å². The number of aromatic nitrogens is 1. The van der Waals surface area contributed by atoms with E-state index < -0.39 is 5.63 Å². The molecule has 0 saturated carbocycles. The number of benzene rings is 1. The molecular weight excluding hydrogens is 248 g/mol. The standard InChI is InChI=1S/C13H11N2O4/c1-8-3-6-12-14(8)11-7-9(15(17)18-2)4-5-10(11)13(16)19-12/h3-7H,1-2H3/q+1. The van der Waals surface area contributed by atoms with Crippen LogP contribution in [0.5, 0.6) is 0 Å². The Labute approximate surface area is 107 Å².